The van der Waals surface area contributed by atoms with Crippen LogP contribution in [0.2, 0.25) is 0 Å². The van der Waals surface area contributed by atoms with Crippen molar-refractivity contribution >= 4 is 17.0 Å². The van der Waals surface area contributed by atoms with Crippen LogP contribution in [0.25, 0.3) is 11.0 Å². The maximum absolute atomic E-state index is 10.4. The molecular formula is C15H20N2O3. The Morgan fingerprint density at radius 3 is 3.00 bits per heavy atom. The average Bonchev–Trinajstić information content (AvgIpc) is 2.80. The summed E-state index contributed by atoms with van der Waals surface area (Å²) in [7, 11) is 0. The number of carboxylic acid groups (broad SMARTS) is 1. The molecule has 1 aromatic heterocycles. The van der Waals surface area contributed by atoms with E-state index in [0.29, 0.717) is 13.0 Å². The van der Waals surface area contributed by atoms with Crippen molar-refractivity contribution in [1.29, 1.82) is 0 Å². The second kappa shape index (κ2) is 6.93. The zero-order valence-electron chi connectivity index (χ0n) is 11.7. The van der Waals surface area contributed by atoms with Crippen molar-refractivity contribution < 1.29 is 14.6 Å². The lowest BCUT2D eigenvalue weighted by Gasteiger charge is -2.05. The average molecular weight is 276 g/mol. The van der Waals surface area contributed by atoms with E-state index in [0.717, 1.165) is 41.9 Å². The van der Waals surface area contributed by atoms with Crippen molar-refractivity contribution in [3.8, 4) is 5.75 Å². The van der Waals surface area contributed by atoms with E-state index in [4.69, 9.17) is 9.84 Å². The number of aryl methyl sites for hydroxylation is 1. The van der Waals surface area contributed by atoms with E-state index < -0.39 is 5.97 Å². The third kappa shape index (κ3) is 3.98. The van der Waals surface area contributed by atoms with Gasteiger partial charge in [0.15, 0.2) is 0 Å². The van der Waals surface area contributed by atoms with E-state index in [9.17, 15) is 4.79 Å². The van der Waals surface area contributed by atoms with E-state index in [2.05, 4.69) is 16.9 Å². The van der Waals surface area contributed by atoms with Gasteiger partial charge in [-0.25, -0.2) is 4.98 Å². The highest BCUT2D eigenvalue weighted by Crippen LogP contribution is 2.19. The minimum atomic E-state index is -0.757. The van der Waals surface area contributed by atoms with Crippen LogP contribution in [0.3, 0.4) is 0 Å². The van der Waals surface area contributed by atoms with Crippen molar-refractivity contribution in [1.82, 2.24) is 9.97 Å². The summed E-state index contributed by atoms with van der Waals surface area (Å²) in [4.78, 5) is 18.2. The number of H-pyrrole nitrogens is 1. The maximum atomic E-state index is 10.4. The topological polar surface area (TPSA) is 75.2 Å². The highest BCUT2D eigenvalue weighted by molar-refractivity contribution is 5.76. The number of carboxylic acids is 1. The number of carbonyl (C=O) groups is 1. The summed E-state index contributed by atoms with van der Waals surface area (Å²) in [5.41, 5.74) is 1.93. The van der Waals surface area contributed by atoms with E-state index in [1.165, 1.54) is 0 Å². The monoisotopic (exact) mass is 276 g/mol. The van der Waals surface area contributed by atoms with Crippen LogP contribution in [0, 0.1) is 0 Å². The molecule has 0 unspecified atom stereocenters. The van der Waals surface area contributed by atoms with Crippen molar-refractivity contribution in [2.45, 2.75) is 39.0 Å². The minimum Gasteiger partial charge on any atom is -0.494 e. The molecule has 1 aromatic carbocycles. The molecule has 2 rings (SSSR count). The van der Waals surface area contributed by atoms with Crippen LogP contribution < -0.4 is 4.74 Å². The van der Waals surface area contributed by atoms with Crippen LogP contribution in [0.1, 0.15) is 38.4 Å². The van der Waals surface area contributed by atoms with Crippen LogP contribution in [-0.4, -0.2) is 27.7 Å². The summed E-state index contributed by atoms with van der Waals surface area (Å²) in [6.07, 6.45) is 3.59. The molecule has 0 fully saturated rings. The number of imidazole rings is 1. The molecule has 0 amide bonds. The standard InChI is InChI=1S/C15H20N2O3/c1-2-5-14-16-12-8-7-11(10-13(12)17-14)20-9-4-3-6-15(18)19/h7-8,10H,2-6,9H2,1H3,(H,16,17)(H,18,19). The fraction of sp³-hybridized carbons (Fsp3) is 0.467. The van der Waals surface area contributed by atoms with Crippen molar-refractivity contribution in [2.75, 3.05) is 6.61 Å². The molecule has 0 aliphatic heterocycles. The summed E-state index contributed by atoms with van der Waals surface area (Å²) < 4.78 is 5.62. The Morgan fingerprint density at radius 2 is 2.25 bits per heavy atom. The van der Waals surface area contributed by atoms with Gasteiger partial charge in [-0.1, -0.05) is 6.92 Å². The molecule has 20 heavy (non-hydrogen) atoms. The van der Waals surface area contributed by atoms with Gasteiger partial charge < -0.3 is 14.8 Å². The number of ether oxygens (including phenoxy) is 1. The molecule has 0 aliphatic carbocycles. The van der Waals surface area contributed by atoms with E-state index in [1.54, 1.807) is 0 Å². The van der Waals surface area contributed by atoms with Crippen LogP contribution in [0.15, 0.2) is 18.2 Å². The Kier molecular flexibility index (Phi) is 4.98. The van der Waals surface area contributed by atoms with E-state index in [1.807, 2.05) is 18.2 Å². The number of unbranched alkanes of at least 4 members (excludes halogenated alkanes) is 1. The zero-order valence-corrected chi connectivity index (χ0v) is 11.7. The van der Waals surface area contributed by atoms with Gasteiger partial charge in [0.1, 0.15) is 11.6 Å². The summed E-state index contributed by atoms with van der Waals surface area (Å²) in [6, 6.07) is 5.78. The SMILES string of the molecule is CCCc1nc2ccc(OCCCCC(=O)O)cc2[nH]1. The van der Waals surface area contributed by atoms with Crippen LogP contribution in [-0.2, 0) is 11.2 Å². The highest BCUT2D eigenvalue weighted by Gasteiger charge is 2.04. The first-order valence-corrected chi connectivity index (χ1v) is 7.02. The largest absolute Gasteiger partial charge is 0.494 e. The molecule has 0 aliphatic rings. The second-order valence-electron chi connectivity index (χ2n) is 4.81. The fourth-order valence-corrected chi connectivity index (χ4v) is 2.05. The predicted molar refractivity (Wildman–Crippen MR) is 77.1 cm³/mol. The minimum absolute atomic E-state index is 0.198. The third-order valence-electron chi connectivity index (χ3n) is 3.04. The number of aromatic nitrogens is 2. The van der Waals surface area contributed by atoms with Gasteiger partial charge in [-0.15, -0.1) is 0 Å². The van der Waals surface area contributed by atoms with Gasteiger partial charge in [-0.05, 0) is 31.4 Å². The molecule has 0 bridgehead atoms. The molecule has 2 N–H and O–H groups in total. The fourth-order valence-electron chi connectivity index (χ4n) is 2.05. The number of aromatic amines is 1. The smallest absolute Gasteiger partial charge is 0.303 e. The number of nitrogens with zero attached hydrogens (tertiary/aromatic N) is 1. The summed E-state index contributed by atoms with van der Waals surface area (Å²) >= 11 is 0. The number of aliphatic carboxylic acids is 1. The molecule has 0 saturated carbocycles. The number of fused-ring (bicyclic) bond motifs is 1. The first-order chi connectivity index (χ1) is 9.69. The van der Waals surface area contributed by atoms with Gasteiger partial charge in [0.2, 0.25) is 0 Å². The van der Waals surface area contributed by atoms with Crippen molar-refractivity contribution in [3.05, 3.63) is 24.0 Å². The number of nitrogens with one attached hydrogen (secondary N) is 1. The zero-order chi connectivity index (χ0) is 14.4. The third-order valence-corrected chi connectivity index (χ3v) is 3.04. The summed E-state index contributed by atoms with van der Waals surface area (Å²) in [5.74, 6) is 1.04. The first-order valence-electron chi connectivity index (χ1n) is 7.02. The van der Waals surface area contributed by atoms with Gasteiger partial charge >= 0.3 is 5.97 Å². The lowest BCUT2D eigenvalue weighted by atomic mass is 10.2. The molecular weight excluding hydrogens is 256 g/mol. The van der Waals surface area contributed by atoms with Crippen LogP contribution in [0.5, 0.6) is 5.75 Å². The molecule has 0 saturated heterocycles. The lowest BCUT2D eigenvalue weighted by Crippen LogP contribution is -2.00. The number of benzene rings is 1. The lowest BCUT2D eigenvalue weighted by molar-refractivity contribution is -0.137. The van der Waals surface area contributed by atoms with Gasteiger partial charge in [-0.3, -0.25) is 4.79 Å². The van der Waals surface area contributed by atoms with Gasteiger partial charge in [0.25, 0.3) is 0 Å². The van der Waals surface area contributed by atoms with Gasteiger partial charge in [0.05, 0.1) is 17.6 Å². The maximum Gasteiger partial charge on any atom is 0.303 e. The molecule has 2 aromatic rings. The summed E-state index contributed by atoms with van der Waals surface area (Å²) in [6.45, 7) is 2.66. The van der Waals surface area contributed by atoms with Crippen molar-refractivity contribution in [2.24, 2.45) is 0 Å². The Bertz CT molecular complexity index is 578. The molecule has 108 valence electrons. The quantitative estimate of drug-likeness (QED) is 0.726. The second-order valence-corrected chi connectivity index (χ2v) is 4.81. The Morgan fingerprint density at radius 1 is 1.40 bits per heavy atom. The molecule has 0 spiro atoms. The van der Waals surface area contributed by atoms with E-state index >= 15 is 0 Å². The number of rotatable bonds is 8. The van der Waals surface area contributed by atoms with Gasteiger partial charge in [-0.2, -0.15) is 0 Å². The van der Waals surface area contributed by atoms with Gasteiger partial charge in [0, 0.05) is 18.9 Å². The van der Waals surface area contributed by atoms with Crippen molar-refractivity contribution in [3.63, 3.8) is 0 Å². The highest BCUT2D eigenvalue weighted by atomic mass is 16.5. The molecule has 5 heteroatoms. The number of hydrogen-bond donors (Lipinski definition) is 2. The first kappa shape index (κ1) is 14.4. The predicted octanol–water partition coefficient (Wildman–Crippen LogP) is 3.15. The van der Waals surface area contributed by atoms with Crippen LogP contribution >= 0.6 is 0 Å². The Balaban J connectivity index is 1.89. The number of hydrogen-bond acceptors (Lipinski definition) is 3. The Labute approximate surface area is 118 Å². The summed E-state index contributed by atoms with van der Waals surface area (Å²) in [5, 5.41) is 8.54. The van der Waals surface area contributed by atoms with Crippen LogP contribution in [0.4, 0.5) is 0 Å². The molecule has 0 atom stereocenters. The van der Waals surface area contributed by atoms with E-state index in [-0.39, 0.29) is 6.42 Å². The molecule has 1 heterocycles. The normalized spacial score (nSPS) is 10.8. The molecule has 0 radical (unpaired) electrons. The Hall–Kier alpha value is -2.04. The molecule has 5 nitrogen and oxygen atoms in total.